The van der Waals surface area contributed by atoms with E-state index in [1.165, 1.54) is 109 Å². The van der Waals surface area contributed by atoms with Gasteiger partial charge in [0.05, 0.1) is 76.6 Å². The summed E-state index contributed by atoms with van der Waals surface area (Å²) in [7, 11) is -19.9. The average molecular weight is 1570 g/mol. The molecule has 0 spiro atoms. The van der Waals surface area contributed by atoms with E-state index in [-0.39, 0.29) is 221 Å². The third-order valence-electron chi connectivity index (χ3n) is 13.9. The molecule has 0 aromatic heterocycles. The molecule has 0 bridgehead atoms. The Morgan fingerprint density at radius 3 is 0.664 bits per heavy atom. The van der Waals surface area contributed by atoms with Crippen LogP contribution in [0.3, 0.4) is 0 Å². The van der Waals surface area contributed by atoms with Crippen LogP contribution in [0.4, 0.5) is 125 Å². The molecule has 10 aromatic carbocycles. The van der Waals surface area contributed by atoms with E-state index in [0.717, 1.165) is 60.7 Å². The predicted octanol–water partition coefficient (Wildman–Crippen LogP) is 14.6. The molecule has 4 radical (unpaired) electrons. The number of aromatic hydroxyl groups is 2. The molecule has 10 rings (SSSR count). The van der Waals surface area contributed by atoms with Crippen LogP contribution in [0.15, 0.2) is 255 Å². The fraction of sp³-hybridized carbons (Fsp3) is 0. The maximum absolute atomic E-state index is 12.2. The van der Waals surface area contributed by atoms with Crippen LogP contribution in [0.5, 0.6) is 11.5 Å². The van der Waals surface area contributed by atoms with E-state index in [0.29, 0.717) is 24.3 Å². The molecule has 528 valence electrons. The number of hydrogen-bond acceptors (Lipinski definition) is 31. The quantitative estimate of drug-likeness (QED) is 0.00788. The standard InChI is InChI=1S/C60H43N17O22S4.4Na/c78-55-31-49(51(70-66-37-9-1-33(2-10-37)61-45-21-17-41(74(80)81)25-57(45)100(88,89)90)29-53(55)72-68-39-13-5-35(6-14-39)63-47-23-19-43(76(84)85)27-59(47)102(94,95)96)65-50-32-56(79)54(73-69-40-15-7-36(8-16-40)64-48-24-20-44(77(86)87)28-60(48)103(97,98)99)30-52(50)71-67-38-11-3-34(4-12-38)62-46-22-18-42(75(82)83)26-58(46)101(91,92)93;;;;/h1-32,61-65,78-79H,(H,88,89,90)(H,91,92,93)(H,94,95,96)(H,97,98,99);;;;. The number of anilines is 10. The number of non-ortho nitro benzene ring substituents is 4. The van der Waals surface area contributed by atoms with Crippen molar-refractivity contribution in [2.75, 3.05) is 26.6 Å². The van der Waals surface area contributed by atoms with Crippen LogP contribution in [0.2, 0.25) is 0 Å². The number of nitrogens with zero attached hydrogens (tertiary/aromatic N) is 12. The third kappa shape index (κ3) is 22.8. The van der Waals surface area contributed by atoms with Gasteiger partial charge < -0.3 is 36.8 Å². The SMILES string of the molecule is O=[N+]([O-])c1ccc(Nc2ccc(N=Nc3cc(N=Nc4ccc(Nc5ccc([N+](=O)[O-])cc5S(=O)(=O)O)cc4)c(Nc4cc(O)c(N=Nc5ccc(Nc6ccc([N+](=O)[O-])cc6S(=O)(=O)O)cc5)cc4N=Nc4ccc(Nc5ccc([N+](=O)[O-])cc5S(=O)(=O)O)cc4)cc3O)cc2)c(S(=O)(=O)O)c1.[Na].[Na].[Na].[Na]. The summed E-state index contributed by atoms with van der Waals surface area (Å²) in [5.74, 6) is -1.13. The van der Waals surface area contributed by atoms with Gasteiger partial charge in [-0.3, -0.25) is 58.7 Å². The largest absolute Gasteiger partial charge is 0.506 e. The summed E-state index contributed by atoms with van der Waals surface area (Å²) in [6.45, 7) is 0. The Hall–Kier alpha value is -9.56. The second kappa shape index (κ2) is 36.4. The molecule has 0 saturated carbocycles. The molecule has 39 nitrogen and oxygen atoms in total. The van der Waals surface area contributed by atoms with Crippen molar-refractivity contribution < 1.29 is 81.8 Å². The first-order valence-corrected chi connectivity index (χ1v) is 34.1. The van der Waals surface area contributed by atoms with Gasteiger partial charge in [-0.1, -0.05) is 0 Å². The monoisotopic (exact) mass is 1570 g/mol. The van der Waals surface area contributed by atoms with Crippen molar-refractivity contribution in [3.05, 3.63) is 235 Å². The van der Waals surface area contributed by atoms with Crippen LogP contribution >= 0.6 is 0 Å². The molecule has 0 atom stereocenters. The number of nitrogens with one attached hydrogen (secondary N) is 5. The molecule has 0 heterocycles. The van der Waals surface area contributed by atoms with Crippen molar-refractivity contribution in [1.82, 2.24) is 0 Å². The summed E-state index contributed by atoms with van der Waals surface area (Å²) in [5.41, 5.74) is -2.98. The van der Waals surface area contributed by atoms with E-state index in [4.69, 9.17) is 0 Å². The average Bonchev–Trinajstić information content (AvgIpc) is 0.829. The van der Waals surface area contributed by atoms with Gasteiger partial charge in [-0.05, 0) is 133 Å². The molecule has 0 saturated heterocycles. The molecule has 0 amide bonds. The summed E-state index contributed by atoms with van der Waals surface area (Å²) in [5, 5.41) is 117. The first-order chi connectivity index (χ1) is 48.6. The van der Waals surface area contributed by atoms with Gasteiger partial charge in [0, 0.05) is 202 Å². The summed E-state index contributed by atoms with van der Waals surface area (Å²) < 4.78 is 137. The van der Waals surface area contributed by atoms with Crippen molar-refractivity contribution >= 4 is 284 Å². The second-order valence-electron chi connectivity index (χ2n) is 21.0. The maximum Gasteiger partial charge on any atom is 0.296 e. The fourth-order valence-electron chi connectivity index (χ4n) is 9.08. The summed E-state index contributed by atoms with van der Waals surface area (Å²) >= 11 is 0. The fourth-order valence-corrected chi connectivity index (χ4v) is 11.7. The zero-order chi connectivity index (χ0) is 74.3. The molecule has 0 aliphatic carbocycles. The number of rotatable bonds is 26. The van der Waals surface area contributed by atoms with E-state index >= 15 is 0 Å². The normalized spacial score (nSPS) is 11.6. The van der Waals surface area contributed by atoms with Gasteiger partial charge in [-0.15, -0.1) is 20.5 Å². The molecule has 0 aliphatic rings. The Bertz CT molecular complexity index is 5380. The van der Waals surface area contributed by atoms with E-state index in [9.17, 15) is 103 Å². The van der Waals surface area contributed by atoms with Gasteiger partial charge in [-0.25, -0.2) is 0 Å². The van der Waals surface area contributed by atoms with E-state index in [1.54, 1.807) is 0 Å². The molecule has 0 aliphatic heterocycles. The van der Waals surface area contributed by atoms with Gasteiger partial charge in [-0.2, -0.15) is 54.1 Å². The molecule has 11 N–H and O–H groups in total. The van der Waals surface area contributed by atoms with Gasteiger partial charge in [0.15, 0.2) is 0 Å². The summed E-state index contributed by atoms with van der Waals surface area (Å²) in [4.78, 5) is 38.9. The summed E-state index contributed by atoms with van der Waals surface area (Å²) in [6, 6.07) is 38.0. The van der Waals surface area contributed by atoms with Crippen molar-refractivity contribution in [3.8, 4) is 11.5 Å². The first kappa shape index (κ1) is 86.4. The first-order valence-electron chi connectivity index (χ1n) is 28.3. The van der Waals surface area contributed by atoms with Crippen LogP contribution in [-0.2, 0) is 40.5 Å². The van der Waals surface area contributed by atoms with Crippen molar-refractivity contribution in [3.63, 3.8) is 0 Å². The molecular weight excluding hydrogens is 1530 g/mol. The van der Waals surface area contributed by atoms with Crippen LogP contribution < -0.4 is 26.6 Å². The smallest absolute Gasteiger partial charge is 0.296 e. The minimum Gasteiger partial charge on any atom is -0.506 e. The van der Waals surface area contributed by atoms with Crippen LogP contribution in [-0.4, -0.2) is 200 Å². The molecule has 0 unspecified atom stereocenters. The number of benzene rings is 10. The maximum atomic E-state index is 12.2. The Balaban J connectivity index is 0.00000448. The van der Waals surface area contributed by atoms with Crippen molar-refractivity contribution in [2.24, 2.45) is 40.9 Å². The third-order valence-corrected chi connectivity index (χ3v) is 17.5. The minimum absolute atomic E-state index is 0. The Morgan fingerprint density at radius 1 is 0.262 bits per heavy atom. The van der Waals surface area contributed by atoms with Crippen LogP contribution in [0, 0.1) is 40.5 Å². The number of phenolic OH excluding ortho intramolecular Hbond substituents is 2. The van der Waals surface area contributed by atoms with Gasteiger partial charge in [0.25, 0.3) is 63.2 Å². The number of nitro benzene ring substituents is 4. The Labute approximate surface area is 691 Å². The number of nitro groups is 4. The molecular formula is C60H43N17Na4O22S4. The molecule has 0 fully saturated rings. The second-order valence-corrected chi connectivity index (χ2v) is 26.5. The predicted molar refractivity (Wildman–Crippen MR) is 390 cm³/mol. The van der Waals surface area contributed by atoms with Crippen LogP contribution in [0.1, 0.15) is 0 Å². The van der Waals surface area contributed by atoms with E-state index < -0.39 is 114 Å². The molecule has 47 heteroatoms. The Morgan fingerprint density at radius 2 is 0.467 bits per heavy atom. The zero-order valence-electron chi connectivity index (χ0n) is 55.2. The van der Waals surface area contributed by atoms with E-state index in [2.05, 4.69) is 67.5 Å². The van der Waals surface area contributed by atoms with E-state index in [1.807, 2.05) is 0 Å². The topological polar surface area (TPSA) is 590 Å². The zero-order valence-corrected chi connectivity index (χ0v) is 66.5. The van der Waals surface area contributed by atoms with Gasteiger partial charge in [0.1, 0.15) is 53.8 Å². The molecule has 10 aromatic rings. The number of hydrogen-bond donors (Lipinski definition) is 11. The van der Waals surface area contributed by atoms with Gasteiger partial charge >= 0.3 is 0 Å². The Kier molecular flexibility index (Phi) is 29.3. The van der Waals surface area contributed by atoms with Crippen molar-refractivity contribution in [1.29, 1.82) is 0 Å². The van der Waals surface area contributed by atoms with Crippen LogP contribution in [0.25, 0.3) is 0 Å². The minimum atomic E-state index is -4.98. The van der Waals surface area contributed by atoms with Crippen molar-refractivity contribution in [2.45, 2.75) is 19.6 Å². The number of phenols is 2. The molecule has 107 heavy (non-hydrogen) atoms. The van der Waals surface area contributed by atoms with Gasteiger partial charge in [0.2, 0.25) is 0 Å². The summed E-state index contributed by atoms with van der Waals surface area (Å²) in [6.07, 6.45) is 0. The number of azo groups is 4.